The van der Waals surface area contributed by atoms with Gasteiger partial charge in [0.2, 0.25) is 10.0 Å². The molecule has 0 saturated heterocycles. The van der Waals surface area contributed by atoms with Crippen LogP contribution in [0.3, 0.4) is 0 Å². The fourth-order valence-electron chi connectivity index (χ4n) is 4.43. The van der Waals surface area contributed by atoms with Crippen LogP contribution in [0.15, 0.2) is 70.7 Å². The van der Waals surface area contributed by atoms with Gasteiger partial charge in [0, 0.05) is 29.6 Å². The molecule has 0 bridgehead atoms. The van der Waals surface area contributed by atoms with E-state index in [1.54, 1.807) is 22.4 Å². The van der Waals surface area contributed by atoms with E-state index in [9.17, 15) is 22.0 Å². The van der Waals surface area contributed by atoms with Crippen LogP contribution in [0.5, 0.6) is 0 Å². The van der Waals surface area contributed by atoms with Gasteiger partial charge in [-0.1, -0.05) is 17.3 Å². The highest BCUT2D eigenvalue weighted by Gasteiger charge is 2.36. The highest BCUT2D eigenvalue weighted by Crippen LogP contribution is 2.32. The third-order valence-electron chi connectivity index (χ3n) is 6.29. The number of benzene rings is 3. The van der Waals surface area contributed by atoms with Gasteiger partial charge in [-0.3, -0.25) is 9.69 Å². The number of carbonyl (C=O) groups excluding carboxylic acids is 1. The number of amides is 1. The maximum atomic E-state index is 14.2. The Balaban J connectivity index is 1.44. The summed E-state index contributed by atoms with van der Waals surface area (Å²) in [6.45, 7) is 0.303. The molecule has 208 valence electrons. The number of carbonyl (C=O) groups is 1. The first-order valence-electron chi connectivity index (χ1n) is 12.2. The summed E-state index contributed by atoms with van der Waals surface area (Å²) in [5.41, 5.74) is 2.41. The van der Waals surface area contributed by atoms with E-state index in [0.717, 1.165) is 16.7 Å². The van der Waals surface area contributed by atoms with E-state index >= 15 is 0 Å². The number of fused-ring (bicyclic) bond motifs is 2. The van der Waals surface area contributed by atoms with Crippen molar-refractivity contribution in [3.05, 3.63) is 89.2 Å². The lowest BCUT2D eigenvalue weighted by Crippen LogP contribution is -2.32. The van der Waals surface area contributed by atoms with E-state index in [2.05, 4.69) is 14.9 Å². The Labute approximate surface area is 233 Å². The van der Waals surface area contributed by atoms with Gasteiger partial charge in [0.05, 0.1) is 29.5 Å². The summed E-state index contributed by atoms with van der Waals surface area (Å²) in [5, 5.41) is 4.07. The van der Waals surface area contributed by atoms with Crippen molar-refractivity contribution in [1.29, 1.82) is 0 Å². The summed E-state index contributed by atoms with van der Waals surface area (Å²) in [7, 11) is -3.44. The molecule has 0 fully saturated rings. The quantitative estimate of drug-likeness (QED) is 0.222. The minimum atomic E-state index is -3.44. The summed E-state index contributed by atoms with van der Waals surface area (Å²) in [6.07, 6.45) is 3.03. The topological polar surface area (TPSA) is 106 Å². The molecule has 13 heteroatoms. The Morgan fingerprint density at radius 3 is 2.50 bits per heavy atom. The van der Waals surface area contributed by atoms with Crippen molar-refractivity contribution >= 4 is 50.1 Å². The van der Waals surface area contributed by atoms with Crippen molar-refractivity contribution in [3.8, 4) is 0 Å². The zero-order chi connectivity index (χ0) is 28.4. The lowest BCUT2D eigenvalue weighted by atomic mass is 10.1. The molecular weight excluding hydrogens is 560 g/mol. The van der Waals surface area contributed by atoms with Crippen LogP contribution in [0, 0.1) is 11.6 Å². The molecule has 0 radical (unpaired) electrons. The first-order chi connectivity index (χ1) is 19.1. The third-order valence-corrected chi connectivity index (χ3v) is 7.76. The zero-order valence-electron chi connectivity index (χ0n) is 21.6. The molecule has 3 aromatic carbocycles. The molecule has 1 N–H and O–H groups in total. The Morgan fingerprint density at radius 2 is 1.77 bits per heavy atom. The number of nitrogens with zero attached hydrogens (tertiary/aromatic N) is 4. The number of rotatable bonds is 10. The molecule has 0 spiro atoms. The number of imidazole rings is 1. The Bertz CT molecular complexity index is 1720. The van der Waals surface area contributed by atoms with Crippen LogP contribution >= 0.6 is 11.8 Å². The van der Waals surface area contributed by atoms with Gasteiger partial charge in [-0.05, 0) is 54.3 Å². The molecule has 5 rings (SSSR count). The second kappa shape index (κ2) is 11.4. The van der Waals surface area contributed by atoms with Crippen molar-refractivity contribution < 1.29 is 26.8 Å². The summed E-state index contributed by atoms with van der Waals surface area (Å²) in [4.78, 5) is 26.0. The van der Waals surface area contributed by atoms with E-state index < -0.39 is 27.6 Å². The van der Waals surface area contributed by atoms with Gasteiger partial charge >= 0.3 is 0 Å². The molecule has 1 amide bonds. The molecule has 1 aliphatic rings. The Hall–Kier alpha value is -3.81. The van der Waals surface area contributed by atoms with Crippen molar-refractivity contribution in [2.24, 2.45) is 5.16 Å². The smallest absolute Gasteiger partial charge is 0.281 e. The lowest BCUT2D eigenvalue weighted by molar-refractivity contribution is -0.112. The molecule has 9 nitrogen and oxygen atoms in total. The number of aromatic nitrogens is 2. The first-order valence-corrected chi connectivity index (χ1v) is 15.3. The maximum Gasteiger partial charge on any atom is 0.281 e. The molecule has 0 saturated carbocycles. The van der Waals surface area contributed by atoms with Gasteiger partial charge in [0.1, 0.15) is 24.1 Å². The van der Waals surface area contributed by atoms with Crippen LogP contribution in [0.4, 0.5) is 14.5 Å². The molecule has 0 atom stereocenters. The second-order valence-corrected chi connectivity index (χ2v) is 11.8. The SMILES string of the molecule is CSc1ccc(CO/N=C2/C(=O)N(Cc3nc4cc(F)ccc4n3CCNS(C)(=O)=O)c3ccc(F)cc32)cc1. The van der Waals surface area contributed by atoms with Crippen LogP contribution in [0.2, 0.25) is 0 Å². The lowest BCUT2D eigenvalue weighted by Gasteiger charge is -2.18. The third kappa shape index (κ3) is 6.01. The van der Waals surface area contributed by atoms with Gasteiger partial charge in [0.15, 0.2) is 5.71 Å². The molecule has 1 aromatic heterocycles. The average molecular weight is 586 g/mol. The van der Waals surface area contributed by atoms with E-state index in [0.29, 0.717) is 22.5 Å². The number of nitrogens with one attached hydrogen (secondary N) is 1. The average Bonchev–Trinajstić information content (AvgIpc) is 3.37. The highest BCUT2D eigenvalue weighted by atomic mass is 32.2. The number of anilines is 1. The van der Waals surface area contributed by atoms with E-state index in [1.807, 2.05) is 30.5 Å². The van der Waals surface area contributed by atoms with Gasteiger partial charge in [-0.2, -0.15) is 0 Å². The van der Waals surface area contributed by atoms with Crippen molar-refractivity contribution in [1.82, 2.24) is 14.3 Å². The van der Waals surface area contributed by atoms with E-state index in [1.165, 1.54) is 35.2 Å². The van der Waals surface area contributed by atoms with Crippen molar-refractivity contribution in [3.63, 3.8) is 0 Å². The normalized spacial score (nSPS) is 14.3. The molecule has 0 aliphatic carbocycles. The second-order valence-electron chi connectivity index (χ2n) is 9.09. The molecule has 1 aliphatic heterocycles. The number of halogens is 2. The fraction of sp³-hybridized carbons (Fsp3) is 0.222. The summed E-state index contributed by atoms with van der Waals surface area (Å²) in [6, 6.07) is 15.7. The number of thioether (sulfide) groups is 1. The van der Waals surface area contributed by atoms with Crippen LogP contribution in [-0.4, -0.2) is 48.6 Å². The number of sulfonamides is 1. The molecule has 2 heterocycles. The van der Waals surface area contributed by atoms with E-state index in [4.69, 9.17) is 4.84 Å². The zero-order valence-corrected chi connectivity index (χ0v) is 23.2. The predicted octanol–water partition coefficient (Wildman–Crippen LogP) is 4.05. The number of hydrogen-bond donors (Lipinski definition) is 1. The summed E-state index contributed by atoms with van der Waals surface area (Å²) < 4.78 is 55.5. The van der Waals surface area contributed by atoms with E-state index in [-0.39, 0.29) is 37.5 Å². The monoisotopic (exact) mass is 585 g/mol. The first kappa shape index (κ1) is 27.7. The van der Waals surface area contributed by atoms with Gasteiger partial charge in [0.25, 0.3) is 5.91 Å². The molecule has 0 unspecified atom stereocenters. The van der Waals surface area contributed by atoms with Gasteiger partial charge in [-0.15, -0.1) is 11.8 Å². The fourth-order valence-corrected chi connectivity index (χ4v) is 5.30. The largest absolute Gasteiger partial charge is 0.390 e. The van der Waals surface area contributed by atoms with Crippen LogP contribution in [0.1, 0.15) is 17.0 Å². The number of oxime groups is 1. The maximum absolute atomic E-state index is 14.2. The predicted molar refractivity (Wildman–Crippen MR) is 150 cm³/mol. The molecule has 4 aromatic rings. The minimum Gasteiger partial charge on any atom is -0.390 e. The van der Waals surface area contributed by atoms with Crippen LogP contribution in [0.25, 0.3) is 11.0 Å². The van der Waals surface area contributed by atoms with Crippen molar-refractivity contribution in [2.75, 3.05) is 24.0 Å². The standard InChI is InChI=1S/C27H25F2N5O4S2/c1-39-20-7-3-17(4-8-20)16-38-32-26-21-13-18(28)5-9-23(21)34(27(26)35)15-25-31-22-14-19(29)6-10-24(22)33(25)12-11-30-40(2,36)37/h3-10,13-14,30H,11-12,15-16H2,1-2H3/b32-26+. The summed E-state index contributed by atoms with van der Waals surface area (Å²) >= 11 is 1.61. The van der Waals surface area contributed by atoms with Crippen LogP contribution < -0.4 is 9.62 Å². The summed E-state index contributed by atoms with van der Waals surface area (Å²) in [5.74, 6) is -1.15. The Kier molecular flexibility index (Phi) is 7.88. The minimum absolute atomic E-state index is 0.0531. The Morgan fingerprint density at radius 1 is 1.05 bits per heavy atom. The number of hydrogen-bond acceptors (Lipinski definition) is 7. The van der Waals surface area contributed by atoms with Crippen molar-refractivity contribution in [2.45, 2.75) is 24.6 Å². The van der Waals surface area contributed by atoms with Gasteiger partial charge < -0.3 is 9.40 Å². The highest BCUT2D eigenvalue weighted by molar-refractivity contribution is 7.98. The van der Waals surface area contributed by atoms with Gasteiger partial charge in [-0.25, -0.2) is 26.9 Å². The molecular formula is C27H25F2N5O4S2. The molecule has 40 heavy (non-hydrogen) atoms. The van der Waals surface area contributed by atoms with Crippen LogP contribution in [-0.2, 0) is 39.4 Å².